The van der Waals surface area contributed by atoms with Gasteiger partial charge >= 0.3 is 36.5 Å². The molecule has 1 radical (unpaired) electrons. The summed E-state index contributed by atoms with van der Waals surface area (Å²) < 4.78 is 147. The van der Waals surface area contributed by atoms with Crippen LogP contribution in [-0.4, -0.2) is 76.0 Å². The first-order chi connectivity index (χ1) is 8.81. The number of carboxylic acid groups (broad SMARTS) is 1. The second-order valence-electron chi connectivity index (χ2n) is 3.27. The van der Waals surface area contributed by atoms with Gasteiger partial charge < -0.3 is 5.11 Å². The smallest absolute Gasteiger partial charge is 0.470 e. The van der Waals surface area contributed by atoms with Gasteiger partial charge in [0.25, 0.3) is 0 Å². The van der Waals surface area contributed by atoms with Crippen molar-refractivity contribution in [3.05, 3.63) is 0 Å². The minimum atomic E-state index is -7.61. The third kappa shape index (κ3) is 3.91. The molecule has 1 unspecified atom stereocenters. The number of carbonyl (C=O) groups is 1. The Hall–Kier alpha value is -0.410. The first-order valence-electron chi connectivity index (χ1n) is 4.12. The summed E-state index contributed by atoms with van der Waals surface area (Å²) in [4.78, 5) is 5.67. The van der Waals surface area contributed by atoms with Gasteiger partial charge in [-0.1, -0.05) is 4.90 Å². The summed E-state index contributed by atoms with van der Waals surface area (Å²) in [6, 6.07) is 0. The average molecular weight is 370 g/mol. The zero-order valence-electron chi connectivity index (χ0n) is 9.84. The van der Waals surface area contributed by atoms with E-state index in [-0.39, 0.29) is 29.6 Å². The molecule has 3 nitrogen and oxygen atoms in total. The summed E-state index contributed by atoms with van der Waals surface area (Å²) in [5.74, 6) is -18.9. The van der Waals surface area contributed by atoms with Crippen LogP contribution in [-0.2, 0) is 4.79 Å². The van der Waals surface area contributed by atoms with Gasteiger partial charge in [0.1, 0.15) is 0 Å². The van der Waals surface area contributed by atoms with Crippen molar-refractivity contribution >= 4 is 35.5 Å². The van der Waals surface area contributed by atoms with Gasteiger partial charge in [0.2, 0.25) is 0 Å². The quantitative estimate of drug-likeness (QED) is 0.472. The molecule has 0 aliphatic heterocycles. The molecule has 127 valence electrons. The fourth-order valence-electron chi connectivity index (χ4n) is 1.08. The van der Waals surface area contributed by atoms with E-state index in [0.29, 0.717) is 0 Å². The van der Waals surface area contributed by atoms with Gasteiger partial charge in [0.15, 0.2) is 0 Å². The Morgan fingerprint density at radius 3 is 1.14 bits per heavy atom. The van der Waals surface area contributed by atoms with Crippen molar-refractivity contribution in [2.45, 2.75) is 30.5 Å². The SMILES string of the molecule is O=C(O)C(F)(F)C(F)(N(C(F)(F)F)C(F)(F)F)C(F)(F)F.[Na]. The molecule has 0 heterocycles. The zero-order valence-corrected chi connectivity index (χ0v) is 11.8. The Morgan fingerprint density at radius 1 is 0.727 bits per heavy atom. The second kappa shape index (κ2) is 6.24. The van der Waals surface area contributed by atoms with Gasteiger partial charge in [-0.15, -0.1) is 0 Å². The van der Waals surface area contributed by atoms with Gasteiger partial charge in [0, 0.05) is 29.6 Å². The molecule has 0 amide bonds. The normalized spacial score (nSPS) is 17.0. The summed E-state index contributed by atoms with van der Waals surface area (Å²) >= 11 is 0. The van der Waals surface area contributed by atoms with E-state index in [1.807, 2.05) is 0 Å². The van der Waals surface area contributed by atoms with Crippen LogP contribution < -0.4 is 0 Å². The van der Waals surface area contributed by atoms with Crippen LogP contribution in [0.25, 0.3) is 0 Å². The molecule has 0 aromatic rings. The summed E-state index contributed by atoms with van der Waals surface area (Å²) in [7, 11) is 0. The van der Waals surface area contributed by atoms with Crippen LogP contribution >= 0.6 is 0 Å². The van der Waals surface area contributed by atoms with Gasteiger partial charge in [-0.25, -0.2) is 9.18 Å². The molecule has 0 bridgehead atoms. The third-order valence-corrected chi connectivity index (χ3v) is 1.88. The van der Waals surface area contributed by atoms with Gasteiger partial charge in [-0.05, 0) is 0 Å². The minimum absolute atomic E-state index is 0. The number of halogens is 12. The minimum Gasteiger partial charge on any atom is -0.477 e. The van der Waals surface area contributed by atoms with Crippen molar-refractivity contribution in [3.63, 3.8) is 0 Å². The number of rotatable bonds is 3. The van der Waals surface area contributed by atoms with Gasteiger partial charge in [-0.3, -0.25) is 0 Å². The standard InChI is InChI=1S/C6HF12NO2.Na/c7-2(8,1(20)21)3(9,4(10,11)12)19(5(13,14)15)6(16,17)18;/h(H,20,21);. The Morgan fingerprint density at radius 2 is 1.00 bits per heavy atom. The van der Waals surface area contributed by atoms with E-state index >= 15 is 0 Å². The van der Waals surface area contributed by atoms with E-state index in [2.05, 4.69) is 0 Å². The summed E-state index contributed by atoms with van der Waals surface area (Å²) in [6.07, 6.45) is -22.2. The van der Waals surface area contributed by atoms with E-state index in [1.54, 1.807) is 0 Å². The van der Waals surface area contributed by atoms with Crippen LogP contribution in [0, 0.1) is 0 Å². The van der Waals surface area contributed by atoms with Crippen LogP contribution in [0.15, 0.2) is 0 Å². The second-order valence-corrected chi connectivity index (χ2v) is 3.27. The molecule has 16 heteroatoms. The van der Waals surface area contributed by atoms with Crippen molar-refractivity contribution in [2.75, 3.05) is 0 Å². The van der Waals surface area contributed by atoms with Crippen molar-refractivity contribution in [2.24, 2.45) is 0 Å². The predicted octanol–water partition coefficient (Wildman–Crippen LogP) is 2.90. The Kier molecular flexibility index (Phi) is 6.76. The van der Waals surface area contributed by atoms with Gasteiger partial charge in [-0.2, -0.15) is 48.3 Å². The van der Waals surface area contributed by atoms with E-state index in [1.165, 1.54) is 0 Å². The Labute approximate surface area is 134 Å². The van der Waals surface area contributed by atoms with Crippen LogP contribution in [0.5, 0.6) is 0 Å². The van der Waals surface area contributed by atoms with E-state index in [9.17, 15) is 57.5 Å². The summed E-state index contributed by atoms with van der Waals surface area (Å²) in [5.41, 5.74) is 0. The molecule has 0 saturated heterocycles. The first kappa shape index (κ1) is 23.9. The van der Waals surface area contributed by atoms with E-state index < -0.39 is 41.4 Å². The fourth-order valence-corrected chi connectivity index (χ4v) is 1.08. The Bertz CT molecular complexity index is 399. The topological polar surface area (TPSA) is 40.5 Å². The predicted molar refractivity (Wildman–Crippen MR) is 42.2 cm³/mol. The van der Waals surface area contributed by atoms with Crippen molar-refractivity contribution in [3.8, 4) is 0 Å². The first-order valence-corrected chi connectivity index (χ1v) is 4.12. The van der Waals surface area contributed by atoms with E-state index in [0.717, 1.165) is 0 Å². The van der Waals surface area contributed by atoms with Crippen LogP contribution in [0.2, 0.25) is 0 Å². The average Bonchev–Trinajstić information content (AvgIpc) is 2.09. The number of hydrogen-bond acceptors (Lipinski definition) is 2. The molecule has 1 atom stereocenters. The van der Waals surface area contributed by atoms with Crippen LogP contribution in [0.4, 0.5) is 52.7 Å². The van der Waals surface area contributed by atoms with Crippen molar-refractivity contribution in [1.29, 1.82) is 0 Å². The molecule has 0 aliphatic carbocycles. The van der Waals surface area contributed by atoms with Crippen molar-refractivity contribution in [1.82, 2.24) is 4.90 Å². The number of alkyl halides is 12. The molecular weight excluding hydrogens is 369 g/mol. The monoisotopic (exact) mass is 370 g/mol. The maximum absolute atomic E-state index is 13.2. The van der Waals surface area contributed by atoms with E-state index in [4.69, 9.17) is 5.11 Å². The summed E-state index contributed by atoms with van der Waals surface area (Å²) in [5, 5.41) is 7.67. The Balaban J connectivity index is 0. The number of aliphatic carboxylic acids is 1. The molecule has 0 aromatic heterocycles. The number of nitrogens with zero attached hydrogens (tertiary/aromatic N) is 1. The molecular formula is C6HF12NNaO2. The fraction of sp³-hybridized carbons (Fsp3) is 0.833. The van der Waals surface area contributed by atoms with Gasteiger partial charge in [0.05, 0.1) is 0 Å². The molecule has 22 heavy (non-hydrogen) atoms. The number of hydrogen-bond donors (Lipinski definition) is 1. The maximum atomic E-state index is 13.2. The molecule has 0 rings (SSSR count). The van der Waals surface area contributed by atoms with Crippen LogP contribution in [0.3, 0.4) is 0 Å². The molecule has 1 N–H and O–H groups in total. The third-order valence-electron chi connectivity index (χ3n) is 1.88. The molecule has 0 spiro atoms. The van der Waals surface area contributed by atoms with Crippen LogP contribution in [0.1, 0.15) is 0 Å². The zero-order chi connectivity index (χ0) is 17.7. The maximum Gasteiger partial charge on any atom is 0.470 e. The largest absolute Gasteiger partial charge is 0.477 e. The molecule has 0 aromatic carbocycles. The molecule has 0 aliphatic rings. The van der Waals surface area contributed by atoms with Crippen molar-refractivity contribution < 1.29 is 62.6 Å². The number of carboxylic acids is 1. The summed E-state index contributed by atoms with van der Waals surface area (Å²) in [6.45, 7) is 0. The molecule has 0 fully saturated rings. The molecule has 0 saturated carbocycles.